The lowest BCUT2D eigenvalue weighted by Crippen LogP contribution is -2.43. The first-order valence-corrected chi connectivity index (χ1v) is 6.71. The lowest BCUT2D eigenvalue weighted by atomic mass is 10.4. The van der Waals surface area contributed by atoms with Crippen molar-refractivity contribution in [2.45, 2.75) is 13.3 Å². The molecule has 0 aromatic carbocycles. The summed E-state index contributed by atoms with van der Waals surface area (Å²) >= 11 is 0. The van der Waals surface area contributed by atoms with E-state index in [1.807, 2.05) is 14.1 Å². The maximum Gasteiger partial charge on any atom is 0.516 e. The van der Waals surface area contributed by atoms with E-state index in [9.17, 15) is 17.8 Å². The van der Waals surface area contributed by atoms with Crippen molar-refractivity contribution >= 4 is 16.1 Å². The Balaban J connectivity index is 4.04. The summed E-state index contributed by atoms with van der Waals surface area (Å²) in [5.74, 6) is -0.613. The molecule has 0 unspecified atom stereocenters. The minimum Gasteiger partial charge on any atom is -0.748 e. The highest BCUT2D eigenvalue weighted by Crippen LogP contribution is 2.03. The molecule has 0 heterocycles. The normalized spacial score (nSPS) is 12.2. The smallest absolute Gasteiger partial charge is 0.516 e. The fraction of sp³-hybridized carbons (Fsp3) is 0.700. The Hall–Kier alpha value is -0.920. The van der Waals surface area contributed by atoms with Gasteiger partial charge in [-0.25, -0.2) is 8.42 Å². The molecule has 0 fully saturated rings. The van der Waals surface area contributed by atoms with Crippen molar-refractivity contribution in [1.82, 2.24) is 0 Å². The second-order valence-corrected chi connectivity index (χ2v) is 6.16. The number of carbonyl (C=O) groups excluding carboxylic acids is 1. The Morgan fingerprint density at radius 3 is 2.41 bits per heavy atom. The van der Waals surface area contributed by atoms with Gasteiger partial charge in [0, 0.05) is 12.2 Å². The molecule has 0 spiro atoms. The summed E-state index contributed by atoms with van der Waals surface area (Å²) in [6, 6.07) is 0. The fourth-order valence-corrected chi connectivity index (χ4v) is 1.58. The average Bonchev–Trinajstić information content (AvgIpc) is 2.11. The van der Waals surface area contributed by atoms with E-state index in [1.165, 1.54) is 0 Å². The summed E-state index contributed by atoms with van der Waals surface area (Å²) in [6.45, 7) is 5.76. The first kappa shape index (κ1) is 16.1. The quantitative estimate of drug-likeness (QED) is 0.163. The maximum atomic E-state index is 10.4. The van der Waals surface area contributed by atoms with Gasteiger partial charge < -0.3 is 9.35 Å². The number of esters is 1. The molecule has 0 aliphatic rings. The highest BCUT2D eigenvalue weighted by molar-refractivity contribution is 7.85. The molecular weight excluding hydrogens is 246 g/mol. The first-order chi connectivity index (χ1) is 7.53. The molecule has 17 heavy (non-hydrogen) atoms. The minimum absolute atomic E-state index is 0.178. The number of quaternary nitrogens is 1. The average molecular weight is 266 g/mol. The van der Waals surface area contributed by atoms with Crippen LogP contribution in [0.25, 0.3) is 0 Å². The maximum absolute atomic E-state index is 10.4. The van der Waals surface area contributed by atoms with E-state index in [0.717, 1.165) is 0 Å². The lowest BCUT2D eigenvalue weighted by Gasteiger charge is -2.25. The molecule has 6 nitrogen and oxygen atoms in total. The Morgan fingerprint density at radius 2 is 2.00 bits per heavy atom. The molecule has 0 rings (SSSR count). The number of hydrogen-bond acceptors (Lipinski definition) is 4. The summed E-state index contributed by atoms with van der Waals surface area (Å²) < 4.78 is 36.7. The van der Waals surface area contributed by atoms with Crippen molar-refractivity contribution in [2.75, 3.05) is 33.1 Å². The van der Waals surface area contributed by atoms with E-state index in [2.05, 4.69) is 6.58 Å². The Bertz CT molecular complexity index is 386. The SMILES string of the molecule is C=C(C)C(=[OH+])OC[N+](C)(C)CCCS(=O)(=O)[O-]. The molecule has 0 bridgehead atoms. The molecule has 100 valence electrons. The third-order valence-electron chi connectivity index (χ3n) is 2.07. The molecule has 0 aliphatic carbocycles. The molecular formula is C10H20NO5S+. The summed E-state index contributed by atoms with van der Waals surface area (Å²) in [5.41, 5.74) is 0.423. The highest BCUT2D eigenvalue weighted by Gasteiger charge is 2.23. The molecule has 7 heteroatoms. The topological polar surface area (TPSA) is 87.8 Å². The number of nitrogens with zero attached hydrogens (tertiary/aromatic N) is 1. The van der Waals surface area contributed by atoms with Crippen molar-refractivity contribution in [3.63, 3.8) is 0 Å². The second kappa shape index (κ2) is 6.13. The van der Waals surface area contributed by atoms with Crippen molar-refractivity contribution in [2.24, 2.45) is 0 Å². The summed E-state index contributed by atoms with van der Waals surface area (Å²) in [6.07, 6.45) is 0.260. The van der Waals surface area contributed by atoms with Crippen LogP contribution in [0.1, 0.15) is 13.3 Å². The van der Waals surface area contributed by atoms with E-state index in [1.54, 1.807) is 6.92 Å². The van der Waals surface area contributed by atoms with Gasteiger partial charge in [-0.1, -0.05) is 6.58 Å². The van der Waals surface area contributed by atoms with Crippen LogP contribution in [-0.2, 0) is 14.9 Å². The lowest BCUT2D eigenvalue weighted by molar-refractivity contribution is -0.906. The fourth-order valence-electron chi connectivity index (χ4n) is 1.09. The van der Waals surface area contributed by atoms with Crippen molar-refractivity contribution in [1.29, 1.82) is 0 Å². The first-order valence-electron chi connectivity index (χ1n) is 5.14. The predicted octanol–water partition coefficient (Wildman–Crippen LogP) is 0.0507. The van der Waals surface area contributed by atoms with Crippen LogP contribution in [0, 0.1) is 0 Å². The van der Waals surface area contributed by atoms with E-state index in [4.69, 9.17) is 4.74 Å². The van der Waals surface area contributed by atoms with Gasteiger partial charge in [0.1, 0.15) is 0 Å². The predicted molar refractivity (Wildman–Crippen MR) is 63.9 cm³/mol. The van der Waals surface area contributed by atoms with E-state index >= 15 is 0 Å². The van der Waals surface area contributed by atoms with E-state index in [0.29, 0.717) is 16.6 Å². The van der Waals surface area contributed by atoms with Gasteiger partial charge >= 0.3 is 12.7 Å². The summed E-state index contributed by atoms with van der Waals surface area (Å²) in [5, 5.41) is 0. The van der Waals surface area contributed by atoms with Gasteiger partial charge in [0.2, 0.25) is 0 Å². The Kier molecular flexibility index (Phi) is 5.80. The van der Waals surface area contributed by atoms with Crippen LogP contribution in [0.15, 0.2) is 12.2 Å². The molecule has 0 atom stereocenters. The van der Waals surface area contributed by atoms with Gasteiger partial charge in [0.05, 0.1) is 36.3 Å². The molecule has 0 saturated carbocycles. The second-order valence-electron chi connectivity index (χ2n) is 4.63. The minimum atomic E-state index is -4.16. The van der Waals surface area contributed by atoms with E-state index < -0.39 is 10.1 Å². The standard InChI is InChI=1S/C10H19NO5S/c1-9(2)10(12)16-8-11(3,4)6-5-7-17(13,14)15/h1,5-8H2,2-4H3/p+1. The third-order valence-corrected chi connectivity index (χ3v) is 2.86. The van der Waals surface area contributed by atoms with Gasteiger partial charge in [-0.3, -0.25) is 9.22 Å². The van der Waals surface area contributed by atoms with Crippen LogP contribution in [0.5, 0.6) is 0 Å². The largest absolute Gasteiger partial charge is 0.748 e. The summed E-state index contributed by atoms with van der Waals surface area (Å²) in [4.78, 5) is 9.28. The highest BCUT2D eigenvalue weighted by atomic mass is 32.2. The van der Waals surface area contributed by atoms with Crippen LogP contribution in [0.2, 0.25) is 0 Å². The van der Waals surface area contributed by atoms with Crippen LogP contribution in [0.3, 0.4) is 0 Å². The van der Waals surface area contributed by atoms with Crippen LogP contribution >= 0.6 is 0 Å². The zero-order valence-electron chi connectivity index (χ0n) is 10.5. The molecule has 0 radical (unpaired) electrons. The molecule has 1 N–H and O–H groups in total. The van der Waals surface area contributed by atoms with E-state index in [-0.39, 0.29) is 24.9 Å². The molecule has 0 aromatic rings. The van der Waals surface area contributed by atoms with Gasteiger partial charge in [-0.15, -0.1) is 0 Å². The zero-order valence-corrected chi connectivity index (χ0v) is 11.3. The van der Waals surface area contributed by atoms with Crippen LogP contribution in [-0.4, -0.2) is 61.3 Å². The molecule has 0 aromatic heterocycles. The van der Waals surface area contributed by atoms with Gasteiger partial charge in [0.15, 0.2) is 0 Å². The number of hydrogen-bond donors (Lipinski definition) is 0. The zero-order chi connectivity index (χ0) is 13.7. The molecule has 0 saturated heterocycles. The monoisotopic (exact) mass is 266 g/mol. The van der Waals surface area contributed by atoms with Crippen LogP contribution < -0.4 is 0 Å². The summed E-state index contributed by atoms with van der Waals surface area (Å²) in [7, 11) is -0.543. The molecule has 0 amide bonds. The number of ether oxygens (including phenoxy) is 1. The number of rotatable bonds is 7. The van der Waals surface area contributed by atoms with Crippen molar-refractivity contribution < 1.29 is 27.0 Å². The van der Waals surface area contributed by atoms with Gasteiger partial charge in [0.25, 0.3) is 0 Å². The Morgan fingerprint density at radius 1 is 1.47 bits per heavy atom. The van der Waals surface area contributed by atoms with Crippen molar-refractivity contribution in [3.05, 3.63) is 12.2 Å². The van der Waals surface area contributed by atoms with Gasteiger partial charge in [-0.2, -0.15) is 0 Å². The Labute approximate surface area is 102 Å². The molecule has 0 aliphatic heterocycles. The van der Waals surface area contributed by atoms with Crippen LogP contribution in [0.4, 0.5) is 0 Å². The third kappa shape index (κ3) is 8.84. The van der Waals surface area contributed by atoms with Gasteiger partial charge in [-0.05, 0) is 6.92 Å². The van der Waals surface area contributed by atoms with Crippen molar-refractivity contribution in [3.8, 4) is 0 Å².